The number of hydrogen-bond donors (Lipinski definition) is 1. The van der Waals surface area contributed by atoms with Crippen molar-refractivity contribution >= 4 is 29.3 Å². The Kier molecular flexibility index (Phi) is 6.86. The van der Waals surface area contributed by atoms with Gasteiger partial charge in [0.15, 0.2) is 11.8 Å². The van der Waals surface area contributed by atoms with E-state index in [1.807, 2.05) is 0 Å². The van der Waals surface area contributed by atoms with Crippen LogP contribution in [0.2, 0.25) is 0 Å². The molecular weight excluding hydrogens is 424 g/mol. The highest BCUT2D eigenvalue weighted by molar-refractivity contribution is 7.99. The fourth-order valence-corrected chi connectivity index (χ4v) is 4.12. The summed E-state index contributed by atoms with van der Waals surface area (Å²) in [6, 6.07) is 6.05. The van der Waals surface area contributed by atoms with Crippen LogP contribution < -0.4 is 5.32 Å². The molecule has 1 aromatic heterocycles. The SMILES string of the molecule is Cn1cnnc1Sc1ccc(C(=O)OCC(=O)NC2(C#N)CCCCC2)cc1[N+](=O)[O-]. The predicted molar refractivity (Wildman–Crippen MR) is 108 cm³/mol. The summed E-state index contributed by atoms with van der Waals surface area (Å²) in [5.41, 5.74) is -1.29. The lowest BCUT2D eigenvalue weighted by molar-refractivity contribution is -0.387. The molecule has 1 saturated carbocycles. The van der Waals surface area contributed by atoms with Crippen LogP contribution in [0.1, 0.15) is 42.5 Å². The number of hydrogen-bond acceptors (Lipinski definition) is 9. The van der Waals surface area contributed by atoms with E-state index in [-0.39, 0.29) is 16.1 Å². The van der Waals surface area contributed by atoms with Crippen molar-refractivity contribution < 1.29 is 19.2 Å². The van der Waals surface area contributed by atoms with E-state index in [4.69, 9.17) is 4.74 Å². The van der Waals surface area contributed by atoms with Gasteiger partial charge in [-0.15, -0.1) is 10.2 Å². The van der Waals surface area contributed by atoms with Crippen molar-refractivity contribution in [2.75, 3.05) is 6.61 Å². The van der Waals surface area contributed by atoms with Crippen LogP contribution in [-0.4, -0.2) is 43.7 Å². The molecule has 1 amide bonds. The van der Waals surface area contributed by atoms with Gasteiger partial charge in [-0.3, -0.25) is 14.9 Å². The Bertz CT molecular complexity index is 1040. The van der Waals surface area contributed by atoms with Gasteiger partial charge in [0.05, 0.1) is 21.5 Å². The summed E-state index contributed by atoms with van der Waals surface area (Å²) in [7, 11) is 1.70. The minimum Gasteiger partial charge on any atom is -0.452 e. The number of nitrogens with zero attached hydrogens (tertiary/aromatic N) is 5. The number of nitrogens with one attached hydrogen (secondary N) is 1. The number of carbonyl (C=O) groups excluding carboxylic acids is 2. The quantitative estimate of drug-likeness (QED) is 0.385. The van der Waals surface area contributed by atoms with Gasteiger partial charge < -0.3 is 14.6 Å². The summed E-state index contributed by atoms with van der Waals surface area (Å²) in [6.45, 7) is -0.578. The van der Waals surface area contributed by atoms with E-state index in [1.165, 1.54) is 18.5 Å². The van der Waals surface area contributed by atoms with E-state index in [1.54, 1.807) is 11.6 Å². The Balaban J connectivity index is 1.65. The van der Waals surface area contributed by atoms with Crippen molar-refractivity contribution in [1.82, 2.24) is 20.1 Å². The van der Waals surface area contributed by atoms with Crippen LogP contribution in [-0.2, 0) is 16.6 Å². The zero-order valence-corrected chi connectivity index (χ0v) is 17.6. The molecular formula is C19H20N6O5S. The van der Waals surface area contributed by atoms with Crippen molar-refractivity contribution in [2.45, 2.75) is 47.7 Å². The Morgan fingerprint density at radius 2 is 2.13 bits per heavy atom. The smallest absolute Gasteiger partial charge is 0.338 e. The zero-order valence-electron chi connectivity index (χ0n) is 16.7. The molecule has 1 N–H and O–H groups in total. The molecule has 1 aliphatic rings. The zero-order chi connectivity index (χ0) is 22.4. The van der Waals surface area contributed by atoms with Crippen LogP contribution in [0, 0.1) is 21.4 Å². The second kappa shape index (κ2) is 9.57. The average molecular weight is 444 g/mol. The first-order chi connectivity index (χ1) is 14.8. The standard InChI is InChI=1S/C19H20N6O5S/c1-24-12-21-23-18(24)31-15-6-5-13(9-14(15)25(28)29)17(27)30-10-16(26)22-19(11-20)7-3-2-4-8-19/h5-6,9,12H,2-4,7-8,10H2,1H3,(H,22,26). The number of ether oxygens (including phenoxy) is 1. The number of rotatable bonds is 7. The van der Waals surface area contributed by atoms with Crippen molar-refractivity contribution in [3.05, 3.63) is 40.2 Å². The van der Waals surface area contributed by atoms with Crippen LogP contribution in [0.15, 0.2) is 34.6 Å². The number of benzene rings is 1. The number of nitro benzene ring substituents is 1. The highest BCUT2D eigenvalue weighted by Crippen LogP contribution is 2.34. The van der Waals surface area contributed by atoms with Gasteiger partial charge in [0, 0.05) is 13.1 Å². The first-order valence-corrected chi connectivity index (χ1v) is 10.3. The van der Waals surface area contributed by atoms with E-state index in [9.17, 15) is 25.0 Å². The van der Waals surface area contributed by atoms with Crippen molar-refractivity contribution in [2.24, 2.45) is 7.05 Å². The number of amides is 1. The minimum absolute atomic E-state index is 0.0607. The van der Waals surface area contributed by atoms with E-state index in [0.29, 0.717) is 18.0 Å². The molecule has 0 radical (unpaired) electrons. The maximum absolute atomic E-state index is 12.3. The van der Waals surface area contributed by atoms with Crippen molar-refractivity contribution in [1.29, 1.82) is 5.26 Å². The Morgan fingerprint density at radius 3 is 2.74 bits per heavy atom. The molecule has 0 saturated heterocycles. The molecule has 3 rings (SSSR count). The van der Waals surface area contributed by atoms with Crippen LogP contribution in [0.25, 0.3) is 0 Å². The van der Waals surface area contributed by atoms with Crippen molar-refractivity contribution in [3.8, 4) is 6.07 Å². The maximum Gasteiger partial charge on any atom is 0.338 e. The van der Waals surface area contributed by atoms with E-state index in [0.717, 1.165) is 37.1 Å². The first-order valence-electron chi connectivity index (χ1n) is 9.53. The van der Waals surface area contributed by atoms with Gasteiger partial charge in [-0.25, -0.2) is 4.79 Å². The molecule has 0 bridgehead atoms. The lowest BCUT2D eigenvalue weighted by Gasteiger charge is -2.31. The van der Waals surface area contributed by atoms with Crippen molar-refractivity contribution in [3.63, 3.8) is 0 Å². The molecule has 31 heavy (non-hydrogen) atoms. The predicted octanol–water partition coefficient (Wildman–Crippen LogP) is 2.37. The Hall–Kier alpha value is -3.46. The molecule has 12 heteroatoms. The topological polar surface area (TPSA) is 153 Å². The largest absolute Gasteiger partial charge is 0.452 e. The van der Waals surface area contributed by atoms with Gasteiger partial charge in [0.1, 0.15) is 11.9 Å². The molecule has 1 heterocycles. The molecule has 162 valence electrons. The Labute approximate surface area is 181 Å². The molecule has 1 fully saturated rings. The molecule has 2 aromatic rings. The second-order valence-corrected chi connectivity index (χ2v) is 8.15. The van der Waals surface area contributed by atoms with Crippen LogP contribution in [0.4, 0.5) is 5.69 Å². The van der Waals surface area contributed by atoms with Gasteiger partial charge >= 0.3 is 5.97 Å². The number of nitriles is 1. The third kappa shape index (κ3) is 5.37. The maximum atomic E-state index is 12.3. The highest BCUT2D eigenvalue weighted by Gasteiger charge is 2.33. The number of esters is 1. The summed E-state index contributed by atoms with van der Waals surface area (Å²) in [5.74, 6) is -1.45. The summed E-state index contributed by atoms with van der Waals surface area (Å²) in [5, 5.41) is 31.6. The van der Waals surface area contributed by atoms with Gasteiger partial charge in [0.25, 0.3) is 11.6 Å². The minimum atomic E-state index is -0.931. The lowest BCUT2D eigenvalue weighted by atomic mass is 9.83. The van der Waals surface area contributed by atoms with Crippen LogP contribution in [0.3, 0.4) is 0 Å². The number of aromatic nitrogens is 3. The molecule has 0 unspecified atom stereocenters. The highest BCUT2D eigenvalue weighted by atomic mass is 32.2. The van der Waals surface area contributed by atoms with Gasteiger partial charge in [-0.1, -0.05) is 19.3 Å². The molecule has 11 nitrogen and oxygen atoms in total. The normalized spacial score (nSPS) is 15.0. The molecule has 0 atom stereocenters. The average Bonchev–Trinajstić information content (AvgIpc) is 3.17. The van der Waals surface area contributed by atoms with Gasteiger partial charge in [-0.2, -0.15) is 5.26 Å². The fourth-order valence-electron chi connectivity index (χ4n) is 3.27. The monoisotopic (exact) mass is 444 g/mol. The summed E-state index contributed by atoms with van der Waals surface area (Å²) >= 11 is 1.04. The molecule has 0 aliphatic heterocycles. The fraction of sp³-hybridized carbons (Fsp3) is 0.421. The summed E-state index contributed by atoms with van der Waals surface area (Å²) in [4.78, 5) is 35.6. The van der Waals surface area contributed by atoms with E-state index < -0.39 is 28.9 Å². The second-order valence-electron chi connectivity index (χ2n) is 7.14. The lowest BCUT2D eigenvalue weighted by Crippen LogP contribution is -2.50. The van der Waals surface area contributed by atoms with Crippen LogP contribution in [0.5, 0.6) is 0 Å². The van der Waals surface area contributed by atoms with E-state index >= 15 is 0 Å². The molecule has 1 aliphatic carbocycles. The third-order valence-electron chi connectivity index (χ3n) is 4.90. The molecule has 0 spiro atoms. The summed E-state index contributed by atoms with van der Waals surface area (Å²) < 4.78 is 6.61. The number of nitro groups is 1. The third-order valence-corrected chi connectivity index (χ3v) is 6.01. The van der Waals surface area contributed by atoms with Gasteiger partial charge in [0.2, 0.25) is 0 Å². The Morgan fingerprint density at radius 1 is 1.39 bits per heavy atom. The summed E-state index contributed by atoms with van der Waals surface area (Å²) in [6.07, 6.45) is 5.28. The van der Waals surface area contributed by atoms with E-state index in [2.05, 4.69) is 21.6 Å². The van der Waals surface area contributed by atoms with Gasteiger partial charge in [-0.05, 0) is 36.7 Å². The first kappa shape index (κ1) is 22.2. The number of aryl methyl sites for hydroxylation is 1. The van der Waals surface area contributed by atoms with Crippen LogP contribution >= 0.6 is 11.8 Å². The molecule has 1 aromatic carbocycles. The number of carbonyl (C=O) groups is 2.